The number of fused-ring (bicyclic) bond motifs is 1. The highest BCUT2D eigenvalue weighted by molar-refractivity contribution is 6.08. The van der Waals surface area contributed by atoms with Crippen LogP contribution in [0.4, 0.5) is 0 Å². The highest BCUT2D eigenvalue weighted by Gasteiger charge is 2.24. The molecule has 6 heteroatoms. The fourth-order valence-electron chi connectivity index (χ4n) is 3.26. The molecule has 1 unspecified atom stereocenters. The second-order valence-corrected chi connectivity index (χ2v) is 6.59. The smallest absolute Gasteiger partial charge is 0.330 e. The molecule has 1 heterocycles. The lowest BCUT2D eigenvalue weighted by atomic mass is 10.0. The molecule has 1 amide bonds. The molecule has 0 saturated heterocycles. The van der Waals surface area contributed by atoms with Crippen LogP contribution in [0.3, 0.4) is 0 Å². The van der Waals surface area contributed by atoms with Gasteiger partial charge in [0.25, 0.3) is 5.91 Å². The molecule has 0 aliphatic heterocycles. The van der Waals surface area contributed by atoms with Crippen molar-refractivity contribution in [3.05, 3.63) is 102 Å². The van der Waals surface area contributed by atoms with Crippen LogP contribution in [0.2, 0.25) is 0 Å². The number of carboxylic acid groups (broad SMARTS) is 1. The van der Waals surface area contributed by atoms with Crippen molar-refractivity contribution in [2.24, 2.45) is 0 Å². The maximum Gasteiger partial charge on any atom is 0.330 e. The van der Waals surface area contributed by atoms with Crippen LogP contribution in [-0.2, 0) is 4.79 Å². The maximum atomic E-state index is 13.1. The zero-order valence-electron chi connectivity index (χ0n) is 15.9. The summed E-state index contributed by atoms with van der Waals surface area (Å²) in [5, 5.41) is 13.0. The van der Waals surface area contributed by atoms with E-state index in [9.17, 15) is 14.7 Å². The van der Waals surface area contributed by atoms with E-state index in [0.29, 0.717) is 27.7 Å². The predicted octanol–water partition coefficient (Wildman–Crippen LogP) is 4.88. The van der Waals surface area contributed by atoms with Crippen molar-refractivity contribution in [2.75, 3.05) is 0 Å². The lowest BCUT2D eigenvalue weighted by Crippen LogP contribution is -2.33. The Kier molecular flexibility index (Phi) is 6.45. The molecule has 0 aliphatic carbocycles. The lowest BCUT2D eigenvalue weighted by molar-refractivity contribution is -0.139. The number of para-hydroxylation sites is 1. The number of amides is 1. The number of halogens is 1. The Morgan fingerprint density at radius 3 is 2.10 bits per heavy atom. The van der Waals surface area contributed by atoms with Crippen LogP contribution < -0.4 is 5.32 Å². The molecule has 5 nitrogen and oxygen atoms in total. The van der Waals surface area contributed by atoms with Gasteiger partial charge in [0.2, 0.25) is 0 Å². The van der Waals surface area contributed by atoms with Crippen molar-refractivity contribution in [2.45, 2.75) is 6.04 Å². The Hall–Kier alpha value is -3.70. The summed E-state index contributed by atoms with van der Waals surface area (Å²) in [7, 11) is 0. The molecule has 0 aliphatic rings. The van der Waals surface area contributed by atoms with Gasteiger partial charge in [-0.05, 0) is 17.7 Å². The quantitative estimate of drug-likeness (QED) is 0.484. The first-order valence-corrected chi connectivity index (χ1v) is 9.17. The van der Waals surface area contributed by atoms with E-state index in [0.717, 1.165) is 5.56 Å². The highest BCUT2D eigenvalue weighted by Crippen LogP contribution is 2.25. The van der Waals surface area contributed by atoms with Crippen LogP contribution in [0.5, 0.6) is 0 Å². The van der Waals surface area contributed by atoms with Gasteiger partial charge in [0.05, 0.1) is 16.8 Å². The first kappa shape index (κ1) is 21.0. The third kappa shape index (κ3) is 4.31. The Morgan fingerprint density at radius 2 is 1.43 bits per heavy atom. The standard InChI is InChI=1S/C24H18N2O3.ClH/c27-23(26-22(24(28)29)17-11-5-2-6-12-17)19-15-21(16-9-3-1-4-10-16)25-20-14-8-7-13-18(19)20;/h1-15,22H,(H,26,27)(H,28,29);1H. The van der Waals surface area contributed by atoms with Gasteiger partial charge >= 0.3 is 5.97 Å². The van der Waals surface area contributed by atoms with Crippen molar-refractivity contribution in [3.63, 3.8) is 0 Å². The normalized spacial score (nSPS) is 11.3. The third-order valence-corrected chi connectivity index (χ3v) is 4.69. The predicted molar refractivity (Wildman–Crippen MR) is 119 cm³/mol. The van der Waals surface area contributed by atoms with Crippen molar-refractivity contribution in [1.29, 1.82) is 0 Å². The fraction of sp³-hybridized carbons (Fsp3) is 0.0417. The van der Waals surface area contributed by atoms with E-state index < -0.39 is 17.9 Å². The molecule has 0 bridgehead atoms. The number of hydrogen-bond acceptors (Lipinski definition) is 3. The summed E-state index contributed by atoms with van der Waals surface area (Å²) >= 11 is 0. The number of aliphatic carboxylic acids is 1. The summed E-state index contributed by atoms with van der Waals surface area (Å²) in [5.41, 5.74) is 3.10. The van der Waals surface area contributed by atoms with Crippen LogP contribution in [0, 0.1) is 0 Å². The van der Waals surface area contributed by atoms with Crippen LogP contribution in [0.25, 0.3) is 22.2 Å². The van der Waals surface area contributed by atoms with E-state index in [-0.39, 0.29) is 12.4 Å². The summed E-state index contributed by atoms with van der Waals surface area (Å²) < 4.78 is 0. The second kappa shape index (κ2) is 9.20. The number of carboxylic acids is 1. The molecule has 0 spiro atoms. The molecule has 1 atom stereocenters. The van der Waals surface area contributed by atoms with Gasteiger partial charge in [-0.15, -0.1) is 12.4 Å². The summed E-state index contributed by atoms with van der Waals surface area (Å²) in [4.78, 5) is 29.6. The van der Waals surface area contributed by atoms with Gasteiger partial charge in [-0.2, -0.15) is 0 Å². The number of pyridine rings is 1. The first-order chi connectivity index (χ1) is 14.1. The number of benzene rings is 3. The summed E-state index contributed by atoms with van der Waals surface area (Å²) in [6.45, 7) is 0. The van der Waals surface area contributed by atoms with Gasteiger partial charge in [-0.25, -0.2) is 9.78 Å². The van der Waals surface area contributed by atoms with Crippen LogP contribution >= 0.6 is 12.4 Å². The Balaban J connectivity index is 0.00000256. The zero-order chi connectivity index (χ0) is 20.2. The van der Waals surface area contributed by atoms with Gasteiger partial charge in [-0.1, -0.05) is 78.9 Å². The molecule has 1 aromatic heterocycles. The molecule has 30 heavy (non-hydrogen) atoms. The van der Waals surface area contributed by atoms with Crippen molar-refractivity contribution in [3.8, 4) is 11.3 Å². The lowest BCUT2D eigenvalue weighted by Gasteiger charge is -2.16. The number of aromatic nitrogens is 1. The fourth-order valence-corrected chi connectivity index (χ4v) is 3.26. The van der Waals surface area contributed by atoms with Crippen LogP contribution in [0.1, 0.15) is 22.0 Å². The van der Waals surface area contributed by atoms with Gasteiger partial charge in [-0.3, -0.25) is 4.79 Å². The zero-order valence-corrected chi connectivity index (χ0v) is 16.7. The van der Waals surface area contributed by atoms with Crippen molar-refractivity contribution in [1.82, 2.24) is 10.3 Å². The SMILES string of the molecule is Cl.O=C(NC(C(=O)O)c1ccccc1)c1cc(-c2ccccc2)nc2ccccc12. The van der Waals surface area contributed by atoms with Gasteiger partial charge in [0.1, 0.15) is 0 Å². The van der Waals surface area contributed by atoms with E-state index in [4.69, 9.17) is 0 Å². The summed E-state index contributed by atoms with van der Waals surface area (Å²) in [5.74, 6) is -1.58. The minimum absolute atomic E-state index is 0. The number of carbonyl (C=O) groups is 2. The molecular weight excluding hydrogens is 400 g/mol. The second-order valence-electron chi connectivity index (χ2n) is 6.59. The van der Waals surface area contributed by atoms with Gasteiger partial charge < -0.3 is 10.4 Å². The summed E-state index contributed by atoms with van der Waals surface area (Å²) in [6.07, 6.45) is 0. The highest BCUT2D eigenvalue weighted by atomic mass is 35.5. The van der Waals surface area contributed by atoms with Crippen LogP contribution in [0.15, 0.2) is 91.0 Å². The van der Waals surface area contributed by atoms with E-state index in [1.165, 1.54) is 0 Å². The Bertz CT molecular complexity index is 1180. The largest absolute Gasteiger partial charge is 0.479 e. The molecule has 4 aromatic rings. The van der Waals surface area contributed by atoms with E-state index in [2.05, 4.69) is 10.3 Å². The number of hydrogen-bond donors (Lipinski definition) is 2. The molecule has 150 valence electrons. The average molecular weight is 419 g/mol. The maximum absolute atomic E-state index is 13.1. The number of nitrogens with zero attached hydrogens (tertiary/aromatic N) is 1. The minimum atomic E-state index is -1.14. The molecule has 3 aromatic carbocycles. The number of carbonyl (C=O) groups excluding carboxylic acids is 1. The first-order valence-electron chi connectivity index (χ1n) is 9.17. The molecule has 0 fully saturated rings. The van der Waals surface area contributed by atoms with E-state index in [1.54, 1.807) is 36.4 Å². The van der Waals surface area contributed by atoms with Gasteiger partial charge in [0, 0.05) is 10.9 Å². The number of rotatable bonds is 5. The average Bonchev–Trinajstić information content (AvgIpc) is 2.77. The van der Waals surface area contributed by atoms with Crippen molar-refractivity contribution >= 4 is 35.2 Å². The van der Waals surface area contributed by atoms with Gasteiger partial charge in [0.15, 0.2) is 6.04 Å². The molecular formula is C24H19ClN2O3. The third-order valence-electron chi connectivity index (χ3n) is 4.69. The Labute approximate surface area is 179 Å². The Morgan fingerprint density at radius 1 is 0.833 bits per heavy atom. The molecule has 0 radical (unpaired) electrons. The van der Waals surface area contributed by atoms with Crippen molar-refractivity contribution < 1.29 is 14.7 Å². The molecule has 0 saturated carbocycles. The topological polar surface area (TPSA) is 79.3 Å². The monoisotopic (exact) mass is 418 g/mol. The molecule has 2 N–H and O–H groups in total. The number of nitrogens with one attached hydrogen (secondary N) is 1. The minimum Gasteiger partial charge on any atom is -0.479 e. The van der Waals surface area contributed by atoms with Crippen LogP contribution in [-0.4, -0.2) is 22.0 Å². The van der Waals surface area contributed by atoms with E-state index in [1.807, 2.05) is 54.6 Å². The summed E-state index contributed by atoms with van der Waals surface area (Å²) in [6, 6.07) is 26.1. The van der Waals surface area contributed by atoms with E-state index >= 15 is 0 Å². The molecule has 4 rings (SSSR count).